The van der Waals surface area contributed by atoms with Crippen LogP contribution in [0.3, 0.4) is 0 Å². The van der Waals surface area contributed by atoms with Crippen LogP contribution in [-0.4, -0.2) is 43.0 Å². The number of amides is 1. The van der Waals surface area contributed by atoms with Crippen LogP contribution in [0.1, 0.15) is 46.5 Å². The van der Waals surface area contributed by atoms with Crippen molar-refractivity contribution >= 4 is 5.91 Å². The first-order valence-corrected chi connectivity index (χ1v) is 6.91. The molecule has 0 aliphatic heterocycles. The molecule has 1 atom stereocenters. The Bertz CT molecular complexity index is 193. The van der Waals surface area contributed by atoms with Gasteiger partial charge in [0.25, 0.3) is 0 Å². The van der Waals surface area contributed by atoms with E-state index < -0.39 is 0 Å². The molecule has 0 aromatic rings. The molecule has 0 aliphatic carbocycles. The van der Waals surface area contributed by atoms with Crippen LogP contribution >= 0.6 is 0 Å². The average molecular weight is 243 g/mol. The number of nitrogens with one attached hydrogen (secondary N) is 1. The Hall–Kier alpha value is -0.610. The molecule has 0 aliphatic rings. The molecule has 0 aromatic carbocycles. The van der Waals surface area contributed by atoms with Crippen LogP contribution < -0.4 is 11.1 Å². The lowest BCUT2D eigenvalue weighted by Gasteiger charge is -2.18. The van der Waals surface area contributed by atoms with E-state index in [1.54, 1.807) is 0 Å². The number of carbonyl (C=O) groups is 1. The molecule has 0 heterocycles. The Morgan fingerprint density at radius 1 is 1.24 bits per heavy atom. The van der Waals surface area contributed by atoms with E-state index in [4.69, 9.17) is 5.73 Å². The Morgan fingerprint density at radius 3 is 2.41 bits per heavy atom. The first-order valence-electron chi connectivity index (χ1n) is 6.91. The maximum atomic E-state index is 11.6. The highest BCUT2D eigenvalue weighted by Gasteiger charge is 2.11. The van der Waals surface area contributed by atoms with Crippen molar-refractivity contribution in [1.29, 1.82) is 0 Å². The van der Waals surface area contributed by atoms with Crippen LogP contribution in [0.25, 0.3) is 0 Å². The van der Waals surface area contributed by atoms with Gasteiger partial charge < -0.3 is 16.0 Å². The smallest absolute Gasteiger partial charge is 0.236 e. The van der Waals surface area contributed by atoms with Crippen molar-refractivity contribution in [2.24, 2.45) is 5.73 Å². The van der Waals surface area contributed by atoms with Gasteiger partial charge in [-0.05, 0) is 32.5 Å². The van der Waals surface area contributed by atoms with Crippen LogP contribution in [-0.2, 0) is 4.79 Å². The topological polar surface area (TPSA) is 58.4 Å². The molecular formula is C13H29N3O. The minimum Gasteiger partial charge on any atom is -0.355 e. The second-order valence-electron chi connectivity index (χ2n) is 4.42. The summed E-state index contributed by atoms with van der Waals surface area (Å²) in [5.41, 5.74) is 5.78. The summed E-state index contributed by atoms with van der Waals surface area (Å²) in [5, 5.41) is 2.90. The minimum atomic E-state index is -0.330. The summed E-state index contributed by atoms with van der Waals surface area (Å²) in [6, 6.07) is -0.330. The molecular weight excluding hydrogens is 214 g/mol. The molecule has 0 saturated heterocycles. The third kappa shape index (κ3) is 8.16. The van der Waals surface area contributed by atoms with Gasteiger partial charge in [-0.2, -0.15) is 0 Å². The Balaban J connectivity index is 3.56. The van der Waals surface area contributed by atoms with Gasteiger partial charge in [-0.1, -0.05) is 33.6 Å². The SMILES string of the molecule is CCCCC(N)C(=O)NCCCN(CC)CC. The summed E-state index contributed by atoms with van der Waals surface area (Å²) < 4.78 is 0. The molecule has 0 aromatic heterocycles. The zero-order chi connectivity index (χ0) is 13.1. The first kappa shape index (κ1) is 16.4. The van der Waals surface area contributed by atoms with Crippen LogP contribution in [0.4, 0.5) is 0 Å². The summed E-state index contributed by atoms with van der Waals surface area (Å²) in [6.07, 6.45) is 3.89. The molecule has 0 rings (SSSR count). The van der Waals surface area contributed by atoms with Crippen LogP contribution in [0, 0.1) is 0 Å². The number of carbonyl (C=O) groups excluding carboxylic acids is 1. The van der Waals surface area contributed by atoms with Gasteiger partial charge >= 0.3 is 0 Å². The summed E-state index contributed by atoms with van der Waals surface area (Å²) in [4.78, 5) is 13.9. The fourth-order valence-corrected chi connectivity index (χ4v) is 1.74. The van der Waals surface area contributed by atoms with Gasteiger partial charge in [-0.25, -0.2) is 0 Å². The van der Waals surface area contributed by atoms with E-state index in [0.29, 0.717) is 0 Å². The van der Waals surface area contributed by atoms with Crippen molar-refractivity contribution < 1.29 is 4.79 Å². The summed E-state index contributed by atoms with van der Waals surface area (Å²) in [6.45, 7) is 10.3. The van der Waals surface area contributed by atoms with E-state index >= 15 is 0 Å². The molecule has 0 spiro atoms. The van der Waals surface area contributed by atoms with E-state index in [0.717, 1.165) is 51.9 Å². The number of hydrogen-bond acceptors (Lipinski definition) is 3. The van der Waals surface area contributed by atoms with Crippen molar-refractivity contribution in [2.45, 2.75) is 52.5 Å². The highest BCUT2D eigenvalue weighted by molar-refractivity contribution is 5.81. The molecule has 0 bridgehead atoms. The quantitative estimate of drug-likeness (QED) is 0.569. The lowest BCUT2D eigenvalue weighted by Crippen LogP contribution is -2.41. The predicted octanol–water partition coefficient (Wildman–Crippen LogP) is 1.35. The summed E-state index contributed by atoms with van der Waals surface area (Å²) in [5.74, 6) is -0.00185. The minimum absolute atomic E-state index is 0.00185. The third-order valence-electron chi connectivity index (χ3n) is 3.05. The van der Waals surface area contributed by atoms with E-state index in [9.17, 15) is 4.79 Å². The van der Waals surface area contributed by atoms with Gasteiger partial charge in [0.1, 0.15) is 0 Å². The molecule has 102 valence electrons. The maximum Gasteiger partial charge on any atom is 0.236 e. The molecule has 0 saturated carbocycles. The Kier molecular flexibility index (Phi) is 10.2. The van der Waals surface area contributed by atoms with Crippen LogP contribution in [0.5, 0.6) is 0 Å². The molecule has 3 N–H and O–H groups in total. The molecule has 1 amide bonds. The molecule has 0 radical (unpaired) electrons. The van der Waals surface area contributed by atoms with Crippen molar-refractivity contribution in [3.8, 4) is 0 Å². The largest absolute Gasteiger partial charge is 0.355 e. The molecule has 0 fully saturated rings. The van der Waals surface area contributed by atoms with Gasteiger partial charge in [0.15, 0.2) is 0 Å². The second kappa shape index (κ2) is 10.5. The summed E-state index contributed by atoms with van der Waals surface area (Å²) in [7, 11) is 0. The third-order valence-corrected chi connectivity index (χ3v) is 3.05. The molecule has 1 unspecified atom stereocenters. The fraction of sp³-hybridized carbons (Fsp3) is 0.923. The van der Waals surface area contributed by atoms with Crippen molar-refractivity contribution in [3.05, 3.63) is 0 Å². The number of unbranched alkanes of at least 4 members (excludes halogenated alkanes) is 1. The maximum absolute atomic E-state index is 11.6. The van der Waals surface area contributed by atoms with Gasteiger partial charge in [-0.15, -0.1) is 0 Å². The van der Waals surface area contributed by atoms with Gasteiger partial charge in [-0.3, -0.25) is 4.79 Å². The van der Waals surface area contributed by atoms with Crippen LogP contribution in [0.2, 0.25) is 0 Å². The van der Waals surface area contributed by atoms with E-state index in [1.807, 2.05) is 0 Å². The predicted molar refractivity (Wildman–Crippen MR) is 72.9 cm³/mol. The number of rotatable bonds is 10. The fourth-order valence-electron chi connectivity index (χ4n) is 1.74. The monoisotopic (exact) mass is 243 g/mol. The average Bonchev–Trinajstić information content (AvgIpc) is 2.35. The van der Waals surface area contributed by atoms with Gasteiger partial charge in [0, 0.05) is 6.54 Å². The summed E-state index contributed by atoms with van der Waals surface area (Å²) >= 11 is 0. The number of nitrogens with zero attached hydrogens (tertiary/aromatic N) is 1. The highest BCUT2D eigenvalue weighted by atomic mass is 16.2. The molecule has 4 heteroatoms. The second-order valence-corrected chi connectivity index (χ2v) is 4.42. The molecule has 17 heavy (non-hydrogen) atoms. The Morgan fingerprint density at radius 2 is 1.88 bits per heavy atom. The van der Waals surface area contributed by atoms with Crippen molar-refractivity contribution in [2.75, 3.05) is 26.2 Å². The molecule has 4 nitrogen and oxygen atoms in total. The van der Waals surface area contributed by atoms with E-state index in [2.05, 4.69) is 31.0 Å². The Labute approximate surface area is 106 Å². The van der Waals surface area contributed by atoms with Crippen molar-refractivity contribution in [1.82, 2.24) is 10.2 Å². The van der Waals surface area contributed by atoms with Gasteiger partial charge in [0.2, 0.25) is 5.91 Å². The standard InChI is InChI=1S/C13H29N3O/c1-4-7-9-12(14)13(17)15-10-8-11-16(5-2)6-3/h12H,4-11,14H2,1-3H3,(H,15,17). The van der Waals surface area contributed by atoms with E-state index in [-0.39, 0.29) is 11.9 Å². The lowest BCUT2D eigenvalue weighted by molar-refractivity contribution is -0.122. The first-order chi connectivity index (χ1) is 8.15. The van der Waals surface area contributed by atoms with Crippen LogP contribution in [0.15, 0.2) is 0 Å². The zero-order valence-corrected chi connectivity index (χ0v) is 11.7. The van der Waals surface area contributed by atoms with Gasteiger partial charge in [0.05, 0.1) is 6.04 Å². The van der Waals surface area contributed by atoms with Crippen molar-refractivity contribution in [3.63, 3.8) is 0 Å². The number of nitrogens with two attached hydrogens (primary N) is 1. The van der Waals surface area contributed by atoms with E-state index in [1.165, 1.54) is 0 Å². The number of hydrogen-bond donors (Lipinski definition) is 2. The highest BCUT2D eigenvalue weighted by Crippen LogP contribution is 1.98. The lowest BCUT2D eigenvalue weighted by atomic mass is 10.1. The normalized spacial score (nSPS) is 12.8. The zero-order valence-electron chi connectivity index (χ0n) is 11.7.